The summed E-state index contributed by atoms with van der Waals surface area (Å²) in [6, 6.07) is 6.88. The molecule has 1 aromatic rings. The monoisotopic (exact) mass is 335 g/mol. The van der Waals surface area contributed by atoms with Crippen molar-refractivity contribution in [2.24, 2.45) is 5.92 Å². The van der Waals surface area contributed by atoms with E-state index in [-0.39, 0.29) is 24.1 Å². The molecule has 1 aliphatic heterocycles. The van der Waals surface area contributed by atoms with Crippen molar-refractivity contribution < 1.29 is 18.7 Å². The molecule has 1 atom stereocenters. The van der Waals surface area contributed by atoms with Crippen molar-refractivity contribution in [3.05, 3.63) is 35.6 Å². The highest BCUT2D eigenvalue weighted by Gasteiger charge is 2.23. The molecule has 2 rings (SSSR count). The van der Waals surface area contributed by atoms with Crippen LogP contribution >= 0.6 is 0 Å². The minimum atomic E-state index is -0.274. The first-order valence-electron chi connectivity index (χ1n) is 8.68. The van der Waals surface area contributed by atoms with E-state index in [2.05, 4.69) is 4.74 Å². The van der Waals surface area contributed by atoms with Crippen LogP contribution in [0, 0.1) is 11.7 Å². The van der Waals surface area contributed by atoms with Crippen LogP contribution in [-0.2, 0) is 20.7 Å². The van der Waals surface area contributed by atoms with Gasteiger partial charge in [-0.3, -0.25) is 9.59 Å². The van der Waals surface area contributed by atoms with E-state index < -0.39 is 0 Å². The second-order valence-corrected chi connectivity index (χ2v) is 6.41. The molecule has 132 valence electrons. The smallest absolute Gasteiger partial charge is 0.305 e. The Morgan fingerprint density at radius 3 is 2.83 bits per heavy atom. The number of carbonyl (C=O) groups excluding carboxylic acids is 2. The van der Waals surface area contributed by atoms with Crippen molar-refractivity contribution in [1.29, 1.82) is 0 Å². The number of benzene rings is 1. The van der Waals surface area contributed by atoms with E-state index in [0.29, 0.717) is 25.2 Å². The molecule has 1 aromatic carbocycles. The second kappa shape index (κ2) is 9.40. The van der Waals surface area contributed by atoms with Crippen LogP contribution < -0.4 is 0 Å². The molecule has 1 amide bonds. The molecule has 0 radical (unpaired) electrons. The van der Waals surface area contributed by atoms with Gasteiger partial charge in [0.05, 0.1) is 7.11 Å². The number of hydrogen-bond donors (Lipinski definition) is 0. The average molecular weight is 335 g/mol. The normalized spacial score (nSPS) is 17.6. The molecule has 24 heavy (non-hydrogen) atoms. The van der Waals surface area contributed by atoms with Gasteiger partial charge < -0.3 is 9.64 Å². The summed E-state index contributed by atoms with van der Waals surface area (Å²) < 4.78 is 18.3. The van der Waals surface area contributed by atoms with Gasteiger partial charge in [0.2, 0.25) is 5.91 Å². The molecule has 0 spiro atoms. The third-order valence-corrected chi connectivity index (χ3v) is 4.65. The van der Waals surface area contributed by atoms with Gasteiger partial charge >= 0.3 is 5.97 Å². The lowest BCUT2D eigenvalue weighted by Gasteiger charge is -2.33. The predicted octanol–water partition coefficient (Wildman–Crippen LogP) is 3.34. The van der Waals surface area contributed by atoms with Crippen molar-refractivity contribution in [2.75, 3.05) is 20.2 Å². The second-order valence-electron chi connectivity index (χ2n) is 6.41. The summed E-state index contributed by atoms with van der Waals surface area (Å²) in [4.78, 5) is 25.2. The zero-order valence-electron chi connectivity index (χ0n) is 14.3. The Hall–Kier alpha value is -1.91. The van der Waals surface area contributed by atoms with E-state index in [0.717, 1.165) is 37.9 Å². The van der Waals surface area contributed by atoms with Crippen LogP contribution in [0.3, 0.4) is 0 Å². The Bertz CT molecular complexity index is 561. The SMILES string of the molecule is COC(=O)CCCC(=O)N1CCC[C@@H](CCc2ccccc2F)C1. The van der Waals surface area contributed by atoms with E-state index in [1.807, 2.05) is 17.0 Å². The summed E-state index contributed by atoms with van der Waals surface area (Å²) in [5.41, 5.74) is 0.749. The van der Waals surface area contributed by atoms with Gasteiger partial charge in [-0.15, -0.1) is 0 Å². The predicted molar refractivity (Wildman–Crippen MR) is 89.9 cm³/mol. The zero-order chi connectivity index (χ0) is 17.4. The van der Waals surface area contributed by atoms with Gasteiger partial charge in [-0.1, -0.05) is 18.2 Å². The quantitative estimate of drug-likeness (QED) is 0.718. The van der Waals surface area contributed by atoms with Crippen LogP contribution in [-0.4, -0.2) is 37.0 Å². The maximum absolute atomic E-state index is 13.7. The highest BCUT2D eigenvalue weighted by molar-refractivity contribution is 5.77. The molecule has 1 heterocycles. The Kier molecular flexibility index (Phi) is 7.22. The molecular weight excluding hydrogens is 309 g/mol. The van der Waals surface area contributed by atoms with Gasteiger partial charge in [-0.05, 0) is 49.7 Å². The highest BCUT2D eigenvalue weighted by Crippen LogP contribution is 2.23. The Labute approximate surface area is 143 Å². The van der Waals surface area contributed by atoms with Crippen molar-refractivity contribution in [2.45, 2.75) is 44.9 Å². The number of aryl methyl sites for hydroxylation is 1. The molecule has 0 aliphatic carbocycles. The molecule has 0 unspecified atom stereocenters. The number of esters is 1. The number of halogens is 1. The lowest BCUT2D eigenvalue weighted by atomic mass is 9.91. The minimum Gasteiger partial charge on any atom is -0.469 e. The minimum absolute atomic E-state index is 0.106. The lowest BCUT2D eigenvalue weighted by Crippen LogP contribution is -2.40. The fourth-order valence-electron chi connectivity index (χ4n) is 3.23. The summed E-state index contributed by atoms with van der Waals surface area (Å²) in [7, 11) is 1.36. The number of likely N-dealkylation sites (tertiary alicyclic amines) is 1. The number of nitrogens with zero attached hydrogens (tertiary/aromatic N) is 1. The van der Waals surface area contributed by atoms with Crippen LogP contribution in [0.25, 0.3) is 0 Å². The number of rotatable bonds is 7. The molecule has 1 fully saturated rings. The number of methoxy groups -OCH3 is 1. The molecular formula is C19H26FNO3. The Balaban J connectivity index is 1.75. The zero-order valence-corrected chi connectivity index (χ0v) is 14.3. The van der Waals surface area contributed by atoms with Crippen LogP contribution in [0.5, 0.6) is 0 Å². The largest absolute Gasteiger partial charge is 0.469 e. The van der Waals surface area contributed by atoms with Crippen molar-refractivity contribution in [1.82, 2.24) is 4.90 Å². The van der Waals surface area contributed by atoms with Crippen molar-refractivity contribution in [3.8, 4) is 0 Å². The first kappa shape index (κ1) is 18.4. The average Bonchev–Trinajstić information content (AvgIpc) is 2.61. The molecule has 1 aliphatic rings. The standard InChI is InChI=1S/C19H26FNO3/c1-24-19(23)10-4-9-18(22)21-13-5-6-15(14-21)11-12-16-7-2-3-8-17(16)20/h2-3,7-8,15H,4-6,9-14H2,1H3/t15-/m0/s1. The number of amides is 1. The first-order valence-corrected chi connectivity index (χ1v) is 8.68. The van der Waals surface area contributed by atoms with Crippen molar-refractivity contribution >= 4 is 11.9 Å². The van der Waals surface area contributed by atoms with Gasteiger partial charge in [-0.2, -0.15) is 0 Å². The van der Waals surface area contributed by atoms with Gasteiger partial charge in [0.25, 0.3) is 0 Å². The number of carbonyl (C=O) groups is 2. The van der Waals surface area contributed by atoms with E-state index in [1.54, 1.807) is 6.07 Å². The Morgan fingerprint density at radius 1 is 1.29 bits per heavy atom. The van der Waals surface area contributed by atoms with Gasteiger partial charge in [0.15, 0.2) is 0 Å². The maximum Gasteiger partial charge on any atom is 0.305 e. The molecule has 0 N–H and O–H groups in total. The molecule has 0 bridgehead atoms. The summed E-state index contributed by atoms with van der Waals surface area (Å²) >= 11 is 0. The van der Waals surface area contributed by atoms with Crippen LogP contribution in [0.15, 0.2) is 24.3 Å². The maximum atomic E-state index is 13.7. The number of hydrogen-bond acceptors (Lipinski definition) is 3. The summed E-state index contributed by atoms with van der Waals surface area (Å²) in [5, 5.41) is 0. The van der Waals surface area contributed by atoms with E-state index >= 15 is 0 Å². The summed E-state index contributed by atoms with van der Waals surface area (Å²) in [6.07, 6.45) is 4.88. The molecule has 4 nitrogen and oxygen atoms in total. The van der Waals surface area contributed by atoms with Crippen LogP contribution in [0.1, 0.15) is 44.1 Å². The van der Waals surface area contributed by atoms with Crippen LogP contribution in [0.2, 0.25) is 0 Å². The molecule has 1 saturated heterocycles. The van der Waals surface area contributed by atoms with Gasteiger partial charge in [0.1, 0.15) is 5.82 Å². The van der Waals surface area contributed by atoms with E-state index in [1.165, 1.54) is 13.2 Å². The van der Waals surface area contributed by atoms with Gasteiger partial charge in [0, 0.05) is 25.9 Å². The topological polar surface area (TPSA) is 46.6 Å². The molecule has 0 aromatic heterocycles. The number of piperidine rings is 1. The Morgan fingerprint density at radius 2 is 2.08 bits per heavy atom. The molecule has 0 saturated carbocycles. The first-order chi connectivity index (χ1) is 11.6. The van der Waals surface area contributed by atoms with E-state index in [9.17, 15) is 14.0 Å². The molecule has 5 heteroatoms. The highest BCUT2D eigenvalue weighted by atomic mass is 19.1. The number of ether oxygens (including phenoxy) is 1. The van der Waals surface area contributed by atoms with Crippen LogP contribution in [0.4, 0.5) is 4.39 Å². The fourth-order valence-corrected chi connectivity index (χ4v) is 3.23. The van der Waals surface area contributed by atoms with Crippen molar-refractivity contribution in [3.63, 3.8) is 0 Å². The van der Waals surface area contributed by atoms with Gasteiger partial charge in [-0.25, -0.2) is 4.39 Å². The summed E-state index contributed by atoms with van der Waals surface area (Å²) in [6.45, 7) is 1.53. The van der Waals surface area contributed by atoms with E-state index in [4.69, 9.17) is 0 Å². The third-order valence-electron chi connectivity index (χ3n) is 4.65. The summed E-state index contributed by atoms with van der Waals surface area (Å²) in [5.74, 6) is 0.102. The third kappa shape index (κ3) is 5.62. The lowest BCUT2D eigenvalue weighted by molar-refractivity contribution is -0.141. The fraction of sp³-hybridized carbons (Fsp3) is 0.579.